The van der Waals surface area contributed by atoms with Gasteiger partial charge in [0.25, 0.3) is 0 Å². The van der Waals surface area contributed by atoms with Crippen molar-refractivity contribution in [2.45, 2.75) is 0 Å². The van der Waals surface area contributed by atoms with Gasteiger partial charge in [-0.2, -0.15) is 0 Å². The number of nitrogens with one attached hydrogen (secondary N) is 2. The fraction of sp³-hybridized carbons (Fsp3) is 0. The first-order chi connectivity index (χ1) is 4.04. The van der Waals surface area contributed by atoms with Gasteiger partial charge in [-0.25, -0.2) is 0 Å². The summed E-state index contributed by atoms with van der Waals surface area (Å²) in [7, 11) is 0.0764. The fourth-order valence-corrected chi connectivity index (χ4v) is 1.80. The summed E-state index contributed by atoms with van der Waals surface area (Å²) in [6.45, 7) is 0. The molecule has 0 radical (unpaired) electrons. The van der Waals surface area contributed by atoms with Crippen molar-refractivity contribution in [3.05, 3.63) is 0 Å². The number of rotatable bonds is 0. The highest BCUT2D eigenvalue weighted by atomic mass is 33.3. The van der Waals surface area contributed by atoms with Crippen molar-refractivity contribution in [3.63, 3.8) is 0 Å². The third-order valence-corrected chi connectivity index (χ3v) is 3.72. The minimum Gasteiger partial charge on any atom is -0.378 e. The highest BCUT2D eigenvalue weighted by Gasteiger charge is 1.99. The van der Waals surface area contributed by atoms with Crippen LogP contribution in [0.25, 0.3) is 0 Å². The predicted octanol–water partition coefficient (Wildman–Crippen LogP) is -0.498. The third kappa shape index (κ3) is 4.37. The van der Waals surface area contributed by atoms with Gasteiger partial charge in [0.15, 0.2) is 10.3 Å². The SMILES string of the molecule is N=C(N)SS(=S)C(=N)N. The van der Waals surface area contributed by atoms with Crippen LogP contribution in [0.5, 0.6) is 0 Å². The van der Waals surface area contributed by atoms with E-state index in [9.17, 15) is 0 Å². The quantitative estimate of drug-likeness (QED) is 0.230. The summed E-state index contributed by atoms with van der Waals surface area (Å²) >= 11 is 4.66. The van der Waals surface area contributed by atoms with E-state index in [1.807, 2.05) is 0 Å². The molecule has 0 spiro atoms. The molecule has 0 bridgehead atoms. The van der Waals surface area contributed by atoms with E-state index in [0.29, 0.717) is 0 Å². The molecule has 7 heteroatoms. The molecule has 1 unspecified atom stereocenters. The van der Waals surface area contributed by atoms with E-state index in [0.717, 1.165) is 10.8 Å². The Morgan fingerprint density at radius 3 is 2.00 bits per heavy atom. The molecule has 0 rings (SSSR count). The van der Waals surface area contributed by atoms with Crippen LogP contribution < -0.4 is 11.5 Å². The number of amidine groups is 2. The maximum absolute atomic E-state index is 6.81. The Morgan fingerprint density at radius 1 is 1.44 bits per heavy atom. The summed E-state index contributed by atoms with van der Waals surface area (Å²) in [4.78, 5) is 0. The van der Waals surface area contributed by atoms with E-state index in [1.54, 1.807) is 0 Å². The standard InChI is InChI=1S/C2H6N4S3/c3-1(4)8-9(7)2(5)6/h(H3,3,4)(H3,5,6). The molecule has 4 nitrogen and oxygen atoms in total. The minimum atomic E-state index is -0.840. The van der Waals surface area contributed by atoms with Crippen LogP contribution in [0.15, 0.2) is 0 Å². The summed E-state index contributed by atoms with van der Waals surface area (Å²) in [5, 5.41) is 13.4. The molecule has 0 saturated heterocycles. The monoisotopic (exact) mass is 182 g/mol. The minimum absolute atomic E-state index is 0.0940. The van der Waals surface area contributed by atoms with Crippen LogP contribution in [0, 0.1) is 10.8 Å². The molecule has 0 aliphatic rings. The van der Waals surface area contributed by atoms with Gasteiger partial charge < -0.3 is 11.5 Å². The molecule has 52 valence electrons. The second-order valence-corrected chi connectivity index (χ2v) is 5.70. The van der Waals surface area contributed by atoms with Gasteiger partial charge in [-0.15, -0.1) is 0 Å². The fourth-order valence-electron chi connectivity index (χ4n) is 0.126. The molecule has 0 heterocycles. The Bertz CT molecular complexity index is 163. The van der Waals surface area contributed by atoms with Gasteiger partial charge in [-0.05, 0) is 22.0 Å². The van der Waals surface area contributed by atoms with Gasteiger partial charge in [0.1, 0.15) is 0 Å². The first kappa shape index (κ1) is 8.86. The van der Waals surface area contributed by atoms with Crippen LogP contribution in [-0.2, 0) is 19.7 Å². The van der Waals surface area contributed by atoms with E-state index < -0.39 is 8.49 Å². The lowest BCUT2D eigenvalue weighted by Crippen LogP contribution is -2.16. The van der Waals surface area contributed by atoms with Crippen molar-refractivity contribution in [2.75, 3.05) is 0 Å². The average molecular weight is 182 g/mol. The molecular formula is C2H6N4S3. The lowest BCUT2D eigenvalue weighted by Gasteiger charge is -1.96. The van der Waals surface area contributed by atoms with Gasteiger partial charge in [0.2, 0.25) is 0 Å². The second-order valence-electron chi connectivity index (χ2n) is 1.05. The largest absolute Gasteiger partial charge is 0.378 e. The number of hydrogen-bond donors (Lipinski definition) is 4. The molecule has 0 aliphatic heterocycles. The van der Waals surface area contributed by atoms with Crippen LogP contribution in [0.3, 0.4) is 0 Å². The summed E-state index contributed by atoms with van der Waals surface area (Å²) in [5.41, 5.74) is 9.97. The average Bonchev–Trinajstić information content (AvgIpc) is 1.63. The van der Waals surface area contributed by atoms with E-state index in [4.69, 9.17) is 22.3 Å². The maximum atomic E-state index is 6.81. The van der Waals surface area contributed by atoms with Gasteiger partial charge in [0, 0.05) is 8.49 Å². The topological polar surface area (TPSA) is 99.7 Å². The first-order valence-electron chi connectivity index (χ1n) is 1.82. The normalized spacial score (nSPS) is 12.4. The third-order valence-electron chi connectivity index (χ3n) is 0.345. The number of nitrogens with two attached hydrogens (primary N) is 2. The maximum Gasteiger partial charge on any atom is 0.166 e. The number of hydrogen-bond acceptors (Lipinski definition) is 4. The van der Waals surface area contributed by atoms with Crippen LogP contribution >= 0.6 is 10.8 Å². The molecule has 0 saturated carbocycles. The van der Waals surface area contributed by atoms with Crippen LogP contribution in [0.4, 0.5) is 0 Å². The van der Waals surface area contributed by atoms with E-state index in [-0.39, 0.29) is 10.3 Å². The van der Waals surface area contributed by atoms with Crippen LogP contribution in [0.2, 0.25) is 0 Å². The Balaban J connectivity index is 3.79. The highest BCUT2D eigenvalue weighted by Crippen LogP contribution is 2.04. The zero-order valence-electron chi connectivity index (χ0n) is 4.38. The molecule has 0 aromatic carbocycles. The van der Waals surface area contributed by atoms with E-state index in [1.165, 1.54) is 0 Å². The van der Waals surface area contributed by atoms with Gasteiger partial charge in [-0.3, -0.25) is 10.8 Å². The predicted molar refractivity (Wildman–Crippen MR) is 46.1 cm³/mol. The Morgan fingerprint density at radius 2 is 1.89 bits per heavy atom. The Labute approximate surface area is 63.4 Å². The van der Waals surface area contributed by atoms with Crippen molar-refractivity contribution in [2.24, 2.45) is 11.5 Å². The van der Waals surface area contributed by atoms with Crippen molar-refractivity contribution >= 4 is 40.8 Å². The first-order valence-corrected chi connectivity index (χ1v) is 5.30. The molecule has 0 fully saturated rings. The van der Waals surface area contributed by atoms with E-state index in [2.05, 4.69) is 11.2 Å². The van der Waals surface area contributed by atoms with Crippen molar-refractivity contribution < 1.29 is 0 Å². The molecule has 0 aliphatic carbocycles. The van der Waals surface area contributed by atoms with Crippen molar-refractivity contribution in [1.82, 2.24) is 0 Å². The Kier molecular flexibility index (Phi) is 3.75. The Hall–Kier alpha value is -0.140. The molecule has 1 atom stereocenters. The van der Waals surface area contributed by atoms with Crippen LogP contribution in [0.1, 0.15) is 0 Å². The van der Waals surface area contributed by atoms with Gasteiger partial charge >= 0.3 is 0 Å². The zero-order valence-corrected chi connectivity index (χ0v) is 6.83. The summed E-state index contributed by atoms with van der Waals surface area (Å²) in [5.74, 6) is 0. The summed E-state index contributed by atoms with van der Waals surface area (Å²) < 4.78 is 0. The molecule has 0 aromatic heterocycles. The lowest BCUT2D eigenvalue weighted by atomic mass is 11.4. The van der Waals surface area contributed by atoms with Crippen molar-refractivity contribution in [3.8, 4) is 0 Å². The van der Waals surface area contributed by atoms with Crippen LogP contribution in [-0.4, -0.2) is 10.3 Å². The molecule has 6 N–H and O–H groups in total. The van der Waals surface area contributed by atoms with Crippen molar-refractivity contribution in [1.29, 1.82) is 10.8 Å². The van der Waals surface area contributed by atoms with E-state index >= 15 is 0 Å². The zero-order chi connectivity index (χ0) is 7.44. The van der Waals surface area contributed by atoms with Gasteiger partial charge in [-0.1, -0.05) is 0 Å². The lowest BCUT2D eigenvalue weighted by molar-refractivity contribution is 1.50. The molecule has 9 heavy (non-hydrogen) atoms. The molecular weight excluding hydrogens is 176 g/mol. The molecule has 0 aromatic rings. The second kappa shape index (κ2) is 3.80. The highest BCUT2D eigenvalue weighted by molar-refractivity contribution is 8.91. The summed E-state index contributed by atoms with van der Waals surface area (Å²) in [6.07, 6.45) is 0. The smallest absolute Gasteiger partial charge is 0.166 e. The molecule has 0 amide bonds. The van der Waals surface area contributed by atoms with Gasteiger partial charge in [0.05, 0.1) is 0 Å². The summed E-state index contributed by atoms with van der Waals surface area (Å²) in [6, 6.07) is 0.